The summed E-state index contributed by atoms with van der Waals surface area (Å²) in [4.78, 5) is 12.6. The zero-order valence-corrected chi connectivity index (χ0v) is 17.5. The molecule has 0 spiro atoms. The van der Waals surface area contributed by atoms with Crippen LogP contribution in [0.1, 0.15) is 35.6 Å². The van der Waals surface area contributed by atoms with Gasteiger partial charge in [0.1, 0.15) is 0 Å². The van der Waals surface area contributed by atoms with Crippen molar-refractivity contribution in [1.29, 1.82) is 0 Å². The van der Waals surface area contributed by atoms with Crippen LogP contribution in [-0.2, 0) is 27.7 Å². The summed E-state index contributed by atoms with van der Waals surface area (Å²) in [5.74, 6) is -0.128. The SMILES string of the molecule is CCc1ccc(CCC(=O)Nc2cc(S(=O)(=O)N(C)C)cc(C)c2C)cc1. The lowest BCUT2D eigenvalue weighted by molar-refractivity contribution is -0.116. The van der Waals surface area contributed by atoms with Gasteiger partial charge in [-0.15, -0.1) is 0 Å². The van der Waals surface area contributed by atoms with Crippen molar-refractivity contribution in [3.8, 4) is 0 Å². The van der Waals surface area contributed by atoms with Gasteiger partial charge in [0.2, 0.25) is 15.9 Å². The van der Waals surface area contributed by atoms with Gasteiger partial charge < -0.3 is 5.32 Å². The first-order valence-corrected chi connectivity index (χ1v) is 10.5. The smallest absolute Gasteiger partial charge is 0.242 e. The second-order valence-electron chi connectivity index (χ2n) is 6.92. The predicted octanol–water partition coefficient (Wildman–Crippen LogP) is 3.69. The first-order chi connectivity index (χ1) is 12.6. The van der Waals surface area contributed by atoms with Gasteiger partial charge in [-0.25, -0.2) is 12.7 Å². The Labute approximate surface area is 162 Å². The van der Waals surface area contributed by atoms with Crippen LogP contribution in [0.5, 0.6) is 0 Å². The molecule has 1 amide bonds. The van der Waals surface area contributed by atoms with Crippen molar-refractivity contribution in [3.05, 3.63) is 58.7 Å². The highest BCUT2D eigenvalue weighted by atomic mass is 32.2. The Balaban J connectivity index is 2.13. The van der Waals surface area contributed by atoms with Crippen LogP contribution in [0.3, 0.4) is 0 Å². The molecule has 0 fully saturated rings. The first kappa shape index (κ1) is 21.1. The molecule has 0 saturated carbocycles. The first-order valence-electron chi connectivity index (χ1n) is 9.06. The number of anilines is 1. The van der Waals surface area contributed by atoms with E-state index in [1.165, 1.54) is 30.0 Å². The summed E-state index contributed by atoms with van der Waals surface area (Å²) in [7, 11) is -0.569. The number of aryl methyl sites for hydroxylation is 3. The highest BCUT2D eigenvalue weighted by molar-refractivity contribution is 7.89. The van der Waals surface area contributed by atoms with Crippen LogP contribution < -0.4 is 5.32 Å². The molecule has 2 rings (SSSR count). The fraction of sp³-hybridized carbons (Fsp3) is 0.381. The molecule has 0 bridgehead atoms. The van der Waals surface area contributed by atoms with Crippen LogP contribution in [0.4, 0.5) is 5.69 Å². The average Bonchev–Trinajstić information content (AvgIpc) is 2.63. The van der Waals surface area contributed by atoms with Gasteiger partial charge in [-0.2, -0.15) is 0 Å². The number of sulfonamides is 1. The maximum Gasteiger partial charge on any atom is 0.242 e. The van der Waals surface area contributed by atoms with Crippen molar-refractivity contribution < 1.29 is 13.2 Å². The van der Waals surface area contributed by atoms with Gasteiger partial charge in [0, 0.05) is 26.2 Å². The standard InChI is InChI=1S/C21H28N2O3S/c1-6-17-7-9-18(10-8-17)11-12-21(24)22-20-14-19(13-15(2)16(20)3)27(25,26)23(4)5/h7-10,13-14H,6,11-12H2,1-5H3,(H,22,24). The van der Waals surface area contributed by atoms with Crippen LogP contribution in [0.2, 0.25) is 0 Å². The summed E-state index contributed by atoms with van der Waals surface area (Å²) in [6.45, 7) is 5.83. The maximum atomic E-state index is 12.4. The van der Waals surface area contributed by atoms with E-state index in [0.29, 0.717) is 18.5 Å². The number of hydrogen-bond donors (Lipinski definition) is 1. The highest BCUT2D eigenvalue weighted by Gasteiger charge is 2.20. The van der Waals surface area contributed by atoms with Crippen molar-refractivity contribution >= 4 is 21.6 Å². The quantitative estimate of drug-likeness (QED) is 0.787. The summed E-state index contributed by atoms with van der Waals surface area (Å²) in [5.41, 5.74) is 4.62. The minimum absolute atomic E-state index is 0.128. The number of hydrogen-bond acceptors (Lipinski definition) is 3. The number of carbonyl (C=O) groups is 1. The van der Waals surface area contributed by atoms with Gasteiger partial charge in [0.15, 0.2) is 0 Å². The van der Waals surface area contributed by atoms with Crippen LogP contribution in [0.15, 0.2) is 41.3 Å². The summed E-state index contributed by atoms with van der Waals surface area (Å²) in [6.07, 6.45) is 1.98. The Kier molecular flexibility index (Phi) is 6.78. The third-order valence-corrected chi connectivity index (χ3v) is 6.56. The number of nitrogens with one attached hydrogen (secondary N) is 1. The van der Waals surface area contributed by atoms with Gasteiger partial charge in [0.25, 0.3) is 0 Å². The van der Waals surface area contributed by atoms with E-state index >= 15 is 0 Å². The molecule has 0 atom stereocenters. The normalized spacial score (nSPS) is 11.6. The lowest BCUT2D eigenvalue weighted by Crippen LogP contribution is -2.23. The summed E-state index contributed by atoms with van der Waals surface area (Å²) in [5, 5.41) is 2.87. The van der Waals surface area contributed by atoms with E-state index in [4.69, 9.17) is 0 Å². The zero-order valence-electron chi connectivity index (χ0n) is 16.7. The van der Waals surface area contributed by atoms with Crippen molar-refractivity contribution in [3.63, 3.8) is 0 Å². The summed E-state index contributed by atoms with van der Waals surface area (Å²) < 4.78 is 26.0. The number of benzene rings is 2. The van der Waals surface area contributed by atoms with E-state index < -0.39 is 10.0 Å². The van der Waals surface area contributed by atoms with Crippen LogP contribution in [-0.4, -0.2) is 32.7 Å². The van der Waals surface area contributed by atoms with Gasteiger partial charge in [0.05, 0.1) is 4.90 Å². The molecule has 146 valence electrons. The summed E-state index contributed by atoms with van der Waals surface area (Å²) >= 11 is 0. The molecule has 0 aliphatic heterocycles. The second-order valence-corrected chi connectivity index (χ2v) is 9.07. The largest absolute Gasteiger partial charge is 0.326 e. The average molecular weight is 389 g/mol. The Morgan fingerprint density at radius 1 is 1.04 bits per heavy atom. The predicted molar refractivity (Wildman–Crippen MR) is 110 cm³/mol. The molecule has 5 nitrogen and oxygen atoms in total. The Morgan fingerprint density at radius 2 is 1.63 bits per heavy atom. The molecular weight excluding hydrogens is 360 g/mol. The van der Waals surface area contributed by atoms with Crippen molar-refractivity contribution in [1.82, 2.24) is 4.31 Å². The highest BCUT2D eigenvalue weighted by Crippen LogP contribution is 2.25. The lowest BCUT2D eigenvalue weighted by Gasteiger charge is -2.16. The molecule has 0 aromatic heterocycles. The molecule has 27 heavy (non-hydrogen) atoms. The van der Waals surface area contributed by atoms with Gasteiger partial charge >= 0.3 is 0 Å². The van der Waals surface area contributed by atoms with Crippen LogP contribution in [0.25, 0.3) is 0 Å². The van der Waals surface area contributed by atoms with E-state index in [-0.39, 0.29) is 10.8 Å². The number of amides is 1. The molecule has 2 aromatic rings. The molecule has 0 radical (unpaired) electrons. The van der Waals surface area contributed by atoms with Crippen LogP contribution >= 0.6 is 0 Å². The number of rotatable bonds is 7. The van der Waals surface area contributed by atoms with Crippen molar-refractivity contribution in [2.75, 3.05) is 19.4 Å². The van der Waals surface area contributed by atoms with E-state index in [1.807, 2.05) is 26.0 Å². The molecule has 0 heterocycles. The lowest BCUT2D eigenvalue weighted by atomic mass is 10.1. The topological polar surface area (TPSA) is 66.5 Å². The van der Waals surface area contributed by atoms with Gasteiger partial charge in [-0.05, 0) is 61.1 Å². The Bertz CT molecular complexity index is 917. The molecule has 1 N–H and O–H groups in total. The zero-order chi connectivity index (χ0) is 20.2. The minimum Gasteiger partial charge on any atom is -0.326 e. The fourth-order valence-electron chi connectivity index (χ4n) is 2.73. The van der Waals surface area contributed by atoms with Crippen molar-refractivity contribution in [2.45, 2.75) is 44.9 Å². The molecule has 0 unspecified atom stereocenters. The van der Waals surface area contributed by atoms with Crippen LogP contribution in [0, 0.1) is 13.8 Å². The van der Waals surface area contributed by atoms with E-state index in [2.05, 4.69) is 24.4 Å². The molecule has 0 aliphatic carbocycles. The Hall–Kier alpha value is -2.18. The molecule has 0 aliphatic rings. The van der Waals surface area contributed by atoms with E-state index in [0.717, 1.165) is 23.1 Å². The molecule has 6 heteroatoms. The summed E-state index contributed by atoms with van der Waals surface area (Å²) in [6, 6.07) is 11.4. The third kappa shape index (κ3) is 5.17. The van der Waals surface area contributed by atoms with Gasteiger partial charge in [-0.3, -0.25) is 4.79 Å². The van der Waals surface area contributed by atoms with Gasteiger partial charge in [-0.1, -0.05) is 31.2 Å². The number of nitrogens with zero attached hydrogens (tertiary/aromatic N) is 1. The second kappa shape index (κ2) is 8.67. The number of carbonyl (C=O) groups excluding carboxylic acids is 1. The monoisotopic (exact) mass is 388 g/mol. The molecule has 0 saturated heterocycles. The van der Waals surface area contributed by atoms with Crippen molar-refractivity contribution in [2.24, 2.45) is 0 Å². The van der Waals surface area contributed by atoms with E-state index in [1.54, 1.807) is 6.07 Å². The molecule has 2 aromatic carbocycles. The Morgan fingerprint density at radius 3 is 2.19 bits per heavy atom. The third-order valence-electron chi connectivity index (χ3n) is 4.77. The maximum absolute atomic E-state index is 12.4. The fourth-order valence-corrected chi connectivity index (χ4v) is 3.74. The van der Waals surface area contributed by atoms with E-state index in [9.17, 15) is 13.2 Å². The minimum atomic E-state index is -3.55. The molecular formula is C21H28N2O3S.